The van der Waals surface area contributed by atoms with Gasteiger partial charge in [0.25, 0.3) is 0 Å². The van der Waals surface area contributed by atoms with Gasteiger partial charge in [0.2, 0.25) is 0 Å². The third kappa shape index (κ3) is 8.14. The number of aromatic hydroxyl groups is 1. The molecule has 3 saturated heterocycles. The molecule has 6 rings (SSSR count). The van der Waals surface area contributed by atoms with Gasteiger partial charge in [-0.15, -0.1) is 0 Å². The molecule has 10 heteroatoms. The molecule has 44 heavy (non-hydrogen) atoms. The van der Waals surface area contributed by atoms with Crippen molar-refractivity contribution in [2.75, 3.05) is 53.0 Å². The van der Waals surface area contributed by atoms with E-state index in [1.165, 1.54) is 6.07 Å². The molecule has 4 aliphatic rings. The van der Waals surface area contributed by atoms with Crippen molar-refractivity contribution in [3.8, 4) is 11.5 Å². The molecule has 1 unspecified atom stereocenters. The molecule has 2 aromatic carbocycles. The van der Waals surface area contributed by atoms with Crippen molar-refractivity contribution < 1.29 is 56.1 Å². The minimum Gasteiger partial charge on any atom is -1.00 e. The molecular weight excluding hydrogens is 628 g/mol. The van der Waals surface area contributed by atoms with Gasteiger partial charge in [-0.2, -0.15) is 0 Å². The molecule has 5 N–H and O–H groups in total. The van der Waals surface area contributed by atoms with Gasteiger partial charge in [0, 0.05) is 30.9 Å². The smallest absolute Gasteiger partial charge is 0.121 e. The number of quaternary nitrogens is 1. The fraction of sp³-hybridized carbons (Fsp3) is 0.647. The average Bonchev–Trinajstić information content (AvgIpc) is 3.59. The van der Waals surface area contributed by atoms with E-state index in [-0.39, 0.29) is 47.6 Å². The maximum atomic E-state index is 12.1. The number of benzene rings is 2. The van der Waals surface area contributed by atoms with Crippen LogP contribution in [0.3, 0.4) is 0 Å². The zero-order valence-corrected chi connectivity index (χ0v) is 27.8. The Hall–Kier alpha value is -1.76. The number of nitrogens with zero attached hydrogens (tertiary/aromatic N) is 1. The summed E-state index contributed by atoms with van der Waals surface area (Å²) in [4.78, 5) is 0. The van der Waals surface area contributed by atoms with Crippen LogP contribution in [0.4, 0.5) is 0 Å². The first-order valence-electron chi connectivity index (χ1n) is 16.0. The van der Waals surface area contributed by atoms with Crippen LogP contribution in [0.2, 0.25) is 0 Å². The number of halogens is 1. The van der Waals surface area contributed by atoms with Crippen molar-refractivity contribution >= 4 is 0 Å². The number of aliphatic hydroxyl groups excluding tert-OH is 2. The number of fused-ring (bicyclic) bond motifs is 3. The molecule has 0 radical (unpaired) electrons. The van der Waals surface area contributed by atoms with E-state index in [1.54, 1.807) is 19.2 Å². The third-order valence-corrected chi connectivity index (χ3v) is 10.4. The van der Waals surface area contributed by atoms with Crippen LogP contribution in [0.25, 0.3) is 0 Å². The van der Waals surface area contributed by atoms with Gasteiger partial charge in [0.05, 0.1) is 46.1 Å². The molecule has 9 nitrogen and oxygen atoms in total. The second kappa shape index (κ2) is 15.7. The quantitative estimate of drug-likeness (QED) is 0.137. The normalized spacial score (nSPS) is 26.1. The molecule has 2 aromatic rings. The van der Waals surface area contributed by atoms with Crippen LogP contribution < -0.4 is 27.0 Å². The number of methoxy groups -OCH3 is 1. The Morgan fingerprint density at radius 1 is 1.05 bits per heavy atom. The molecule has 4 atom stereocenters. The van der Waals surface area contributed by atoms with Crippen LogP contribution in [0, 0.1) is 11.8 Å². The monoisotopic (exact) mass is 678 g/mol. The van der Waals surface area contributed by atoms with Crippen LogP contribution in [0.15, 0.2) is 42.5 Å². The summed E-state index contributed by atoms with van der Waals surface area (Å²) in [5.41, 5.74) is 0.957. The molecule has 2 bridgehead atoms. The highest BCUT2D eigenvalue weighted by Crippen LogP contribution is 2.43. The van der Waals surface area contributed by atoms with Crippen LogP contribution in [-0.2, 0) is 21.7 Å². The van der Waals surface area contributed by atoms with Gasteiger partial charge in [-0.05, 0) is 61.1 Å². The number of piperidine rings is 3. The third-order valence-electron chi connectivity index (χ3n) is 10.4. The zero-order chi connectivity index (χ0) is 30.5. The Labute approximate surface area is 272 Å². The van der Waals surface area contributed by atoms with Gasteiger partial charge < -0.3 is 56.1 Å². The van der Waals surface area contributed by atoms with E-state index in [0.717, 1.165) is 80.5 Å². The van der Waals surface area contributed by atoms with Crippen molar-refractivity contribution in [2.24, 2.45) is 11.8 Å². The van der Waals surface area contributed by atoms with Crippen LogP contribution >= 0.6 is 0 Å². The van der Waals surface area contributed by atoms with E-state index in [4.69, 9.17) is 14.2 Å². The molecule has 0 amide bonds. The fourth-order valence-electron chi connectivity index (χ4n) is 7.50. The first-order chi connectivity index (χ1) is 20.7. The molecule has 1 aliphatic carbocycles. The predicted molar refractivity (Wildman–Crippen MR) is 163 cm³/mol. The largest absolute Gasteiger partial charge is 1.00 e. The van der Waals surface area contributed by atoms with Crippen LogP contribution in [-0.4, -0.2) is 90.3 Å². The van der Waals surface area contributed by atoms with Crippen LogP contribution in [0.5, 0.6) is 11.5 Å². The summed E-state index contributed by atoms with van der Waals surface area (Å²) < 4.78 is 19.1. The van der Waals surface area contributed by atoms with Crippen molar-refractivity contribution in [3.63, 3.8) is 0 Å². The number of phenols is 1. The first-order valence-corrected chi connectivity index (χ1v) is 16.0. The number of hydrogen-bond acceptors (Lipinski definition) is 8. The van der Waals surface area contributed by atoms with E-state index in [9.17, 15) is 20.4 Å². The van der Waals surface area contributed by atoms with Crippen molar-refractivity contribution in [2.45, 2.75) is 76.1 Å². The molecule has 0 spiro atoms. The highest BCUT2D eigenvalue weighted by Gasteiger charge is 2.48. The lowest BCUT2D eigenvalue weighted by Gasteiger charge is -2.53. The molecule has 0 aromatic heterocycles. The number of hydrogen-bond donors (Lipinski definition) is 5. The van der Waals surface area contributed by atoms with Gasteiger partial charge in [0.15, 0.2) is 0 Å². The Bertz CT molecular complexity index is 1170. The Morgan fingerprint density at radius 2 is 1.75 bits per heavy atom. The maximum Gasteiger partial charge on any atom is 0.121 e. The molecule has 3 heterocycles. The molecular formula is C34H51BrN2O7. The maximum absolute atomic E-state index is 12.1. The van der Waals surface area contributed by atoms with Gasteiger partial charge in [-0.25, -0.2) is 0 Å². The summed E-state index contributed by atoms with van der Waals surface area (Å²) in [6.07, 6.45) is 5.76. The van der Waals surface area contributed by atoms with Gasteiger partial charge >= 0.3 is 0 Å². The van der Waals surface area contributed by atoms with Crippen LogP contribution in [0.1, 0.15) is 68.2 Å². The topological polar surface area (TPSA) is 121 Å². The van der Waals surface area contributed by atoms with Crippen molar-refractivity contribution in [3.05, 3.63) is 59.2 Å². The Balaban J connectivity index is 0.00000442. The molecule has 3 aliphatic heterocycles. The lowest BCUT2D eigenvalue weighted by Crippen LogP contribution is -3.00. The molecule has 246 valence electrons. The summed E-state index contributed by atoms with van der Waals surface area (Å²) in [6.45, 7) is 7.01. The first kappa shape index (κ1) is 35.1. The number of ether oxygens (including phenoxy) is 3. The number of aliphatic hydroxyl groups is 3. The minimum atomic E-state index is -0.992. The van der Waals surface area contributed by atoms with Gasteiger partial charge in [0.1, 0.15) is 42.5 Å². The van der Waals surface area contributed by atoms with E-state index < -0.39 is 11.7 Å². The lowest BCUT2D eigenvalue weighted by atomic mass is 9.80. The predicted octanol–water partition coefficient (Wildman–Crippen LogP) is 0.586. The second-order valence-electron chi connectivity index (χ2n) is 13.0. The molecule has 4 fully saturated rings. The standard InChI is InChI=1S/C34H50N2O7.BrH/c1-24(35-20-32(39)26-7-12-31(38)27(19-26)22-37)42-18-17-36-15-13-25(14-16-36)33(21-36)43-23-34(40,28-5-3-4-6-28)29-8-10-30(41-2)11-9-29;/h7-12,19,24-25,28,32-33,35,37,39-40H,3-6,13-18,20-23H2,1-2H3;1H/t24?,25?,32-,33-,34-,36?;/m0./s1. The number of nitrogens with one attached hydrogen (secondary N) is 1. The van der Waals surface area contributed by atoms with E-state index >= 15 is 0 Å². The highest BCUT2D eigenvalue weighted by atomic mass is 79.9. The summed E-state index contributed by atoms with van der Waals surface area (Å²) in [5.74, 6) is 1.56. The minimum absolute atomic E-state index is 0. The second-order valence-corrected chi connectivity index (χ2v) is 13.0. The van der Waals surface area contributed by atoms with E-state index in [1.807, 2.05) is 31.2 Å². The SMILES string of the molecule is COc1ccc([C@](O)(CO[C@H]2C[N+]3(CCOC(C)NC[C@H](O)c4ccc(O)c(CO)c4)CCC2CC3)C2CCCC2)cc1.[Br-]. The Kier molecular flexibility index (Phi) is 12.5. The van der Waals surface area contributed by atoms with Gasteiger partial charge in [-0.3, -0.25) is 5.32 Å². The van der Waals surface area contributed by atoms with E-state index in [0.29, 0.717) is 36.8 Å². The summed E-state index contributed by atoms with van der Waals surface area (Å²) >= 11 is 0. The molecule has 1 saturated carbocycles. The highest BCUT2D eigenvalue weighted by molar-refractivity contribution is 5.36. The average molecular weight is 680 g/mol. The summed E-state index contributed by atoms with van der Waals surface area (Å²) in [7, 11) is 1.66. The zero-order valence-electron chi connectivity index (χ0n) is 26.2. The number of rotatable bonds is 15. The lowest BCUT2D eigenvalue weighted by molar-refractivity contribution is -0.946. The Morgan fingerprint density at radius 3 is 2.41 bits per heavy atom. The van der Waals surface area contributed by atoms with Crippen molar-refractivity contribution in [1.29, 1.82) is 0 Å². The van der Waals surface area contributed by atoms with Crippen molar-refractivity contribution in [1.82, 2.24) is 5.32 Å². The van der Waals surface area contributed by atoms with Gasteiger partial charge in [-0.1, -0.05) is 31.0 Å². The summed E-state index contributed by atoms with van der Waals surface area (Å²) in [6, 6.07) is 12.6. The summed E-state index contributed by atoms with van der Waals surface area (Å²) in [5, 5.41) is 45.0. The fourth-order valence-corrected chi connectivity index (χ4v) is 7.50. The van der Waals surface area contributed by atoms with E-state index in [2.05, 4.69) is 5.32 Å².